The molecule has 0 atom stereocenters. The highest BCUT2D eigenvalue weighted by Crippen LogP contribution is 2.34. The van der Waals surface area contributed by atoms with Crippen molar-refractivity contribution in [1.82, 2.24) is 0 Å². The molecule has 0 spiro atoms. The topological polar surface area (TPSA) is 0 Å². The lowest BCUT2D eigenvalue weighted by Crippen LogP contribution is -1.98. The van der Waals surface area contributed by atoms with Crippen molar-refractivity contribution >= 4 is 0 Å². The molecule has 0 aromatic heterocycles. The van der Waals surface area contributed by atoms with E-state index in [1.54, 1.807) is 6.07 Å². The fourth-order valence-electron chi connectivity index (χ4n) is 3.12. The van der Waals surface area contributed by atoms with Crippen LogP contribution in [0.3, 0.4) is 0 Å². The molecule has 0 bridgehead atoms. The number of halogens is 6. The van der Waals surface area contributed by atoms with Crippen LogP contribution in [-0.2, 0) is 13.1 Å². The van der Waals surface area contributed by atoms with Crippen molar-refractivity contribution in [3.63, 3.8) is 0 Å². The van der Waals surface area contributed by atoms with E-state index in [0.29, 0.717) is 18.6 Å². The molecule has 0 amide bonds. The Hall–Kier alpha value is -2.76. The van der Waals surface area contributed by atoms with Crippen LogP contribution in [0, 0.1) is 29.1 Å². The van der Waals surface area contributed by atoms with E-state index in [0.717, 1.165) is 24.1 Å². The molecule has 0 saturated heterocycles. The quantitative estimate of drug-likeness (QED) is 0.404. The largest absolute Gasteiger partial charge is 0.246 e. The van der Waals surface area contributed by atoms with Gasteiger partial charge in [-0.05, 0) is 53.4 Å². The summed E-state index contributed by atoms with van der Waals surface area (Å²) in [5, 5.41) is 0. The maximum Gasteiger partial charge on any atom is 0.134 e. The van der Waals surface area contributed by atoms with Crippen molar-refractivity contribution in [2.45, 2.75) is 26.4 Å². The highest BCUT2D eigenvalue weighted by molar-refractivity contribution is 5.72. The number of rotatable bonds is 5. The Morgan fingerprint density at radius 3 is 1.75 bits per heavy atom. The molecular weight excluding hydrogens is 378 g/mol. The van der Waals surface area contributed by atoms with Gasteiger partial charge in [-0.25, -0.2) is 26.3 Å². The first-order chi connectivity index (χ1) is 13.3. The van der Waals surface area contributed by atoms with Gasteiger partial charge in [0.25, 0.3) is 0 Å². The van der Waals surface area contributed by atoms with Crippen molar-refractivity contribution in [2.75, 3.05) is 0 Å². The third-order valence-electron chi connectivity index (χ3n) is 4.49. The van der Waals surface area contributed by atoms with Crippen molar-refractivity contribution in [1.29, 1.82) is 0 Å². The molecule has 0 fully saturated rings. The number of aryl methyl sites for hydroxylation is 1. The van der Waals surface area contributed by atoms with Crippen LogP contribution in [0.5, 0.6) is 0 Å². The smallest absolute Gasteiger partial charge is 0.134 e. The number of alkyl halides is 1. The van der Waals surface area contributed by atoms with Gasteiger partial charge in [-0.3, -0.25) is 0 Å². The molecule has 0 radical (unpaired) electrons. The van der Waals surface area contributed by atoms with E-state index >= 15 is 0 Å². The zero-order chi connectivity index (χ0) is 20.4. The normalized spacial score (nSPS) is 11.1. The zero-order valence-corrected chi connectivity index (χ0v) is 14.9. The van der Waals surface area contributed by atoms with Gasteiger partial charge in [-0.2, -0.15) is 0 Å². The molecule has 0 aliphatic rings. The second kappa shape index (κ2) is 8.09. The van der Waals surface area contributed by atoms with Crippen molar-refractivity contribution in [2.24, 2.45) is 0 Å². The summed E-state index contributed by atoms with van der Waals surface area (Å²) in [5.41, 5.74) is -1.16. The summed E-state index contributed by atoms with van der Waals surface area (Å²) in [4.78, 5) is 0. The molecule has 0 heterocycles. The maximum atomic E-state index is 14.6. The van der Waals surface area contributed by atoms with E-state index < -0.39 is 52.5 Å². The van der Waals surface area contributed by atoms with Gasteiger partial charge in [0, 0.05) is 5.56 Å². The van der Waals surface area contributed by atoms with Gasteiger partial charge in [0.1, 0.15) is 35.8 Å². The summed E-state index contributed by atoms with van der Waals surface area (Å²) in [6.07, 6.45) is 1.50. The Morgan fingerprint density at radius 1 is 0.679 bits per heavy atom. The van der Waals surface area contributed by atoms with Crippen molar-refractivity contribution < 1.29 is 26.3 Å². The minimum atomic E-state index is -1.38. The highest BCUT2D eigenvalue weighted by atomic mass is 19.2. The molecule has 0 unspecified atom stereocenters. The molecule has 3 rings (SSSR count). The van der Waals surface area contributed by atoms with Crippen LogP contribution in [0.15, 0.2) is 42.5 Å². The predicted octanol–water partition coefficient (Wildman–Crippen LogP) is 7.14. The Bertz CT molecular complexity index is 980. The molecule has 0 nitrogen and oxygen atoms in total. The van der Waals surface area contributed by atoms with E-state index in [4.69, 9.17) is 0 Å². The van der Waals surface area contributed by atoms with Crippen molar-refractivity contribution in [3.05, 3.63) is 82.7 Å². The number of hydrogen-bond donors (Lipinski definition) is 0. The summed E-state index contributed by atoms with van der Waals surface area (Å²) in [7, 11) is 0. The predicted molar refractivity (Wildman–Crippen MR) is 95.9 cm³/mol. The van der Waals surface area contributed by atoms with E-state index in [1.165, 1.54) is 12.1 Å². The SMILES string of the molecule is CCCc1ccc(-c2cc(F)c(-c3cc(F)c(CF)c(F)c3)c(F)c2)c(F)c1. The lowest BCUT2D eigenvalue weighted by molar-refractivity contribution is 0.440. The molecule has 28 heavy (non-hydrogen) atoms. The molecule has 3 aromatic carbocycles. The van der Waals surface area contributed by atoms with Crippen LogP contribution < -0.4 is 0 Å². The fraction of sp³-hybridized carbons (Fsp3) is 0.182. The third-order valence-corrected chi connectivity index (χ3v) is 4.49. The van der Waals surface area contributed by atoms with Gasteiger partial charge in [0.15, 0.2) is 0 Å². The van der Waals surface area contributed by atoms with Crippen molar-refractivity contribution in [3.8, 4) is 22.3 Å². The van der Waals surface area contributed by atoms with Gasteiger partial charge in [0.05, 0.1) is 11.1 Å². The van der Waals surface area contributed by atoms with Crippen LogP contribution >= 0.6 is 0 Å². The van der Waals surface area contributed by atoms with Crippen LogP contribution in [0.1, 0.15) is 24.5 Å². The summed E-state index contributed by atoms with van der Waals surface area (Å²) in [6, 6.07) is 7.54. The van der Waals surface area contributed by atoms with Crippen LogP contribution in [0.4, 0.5) is 26.3 Å². The first kappa shape index (κ1) is 20.0. The summed E-state index contributed by atoms with van der Waals surface area (Å²) >= 11 is 0. The average Bonchev–Trinajstić information content (AvgIpc) is 2.61. The van der Waals surface area contributed by atoms with Gasteiger partial charge in [-0.15, -0.1) is 0 Å². The van der Waals surface area contributed by atoms with E-state index in [1.807, 2.05) is 6.92 Å². The fourth-order valence-corrected chi connectivity index (χ4v) is 3.12. The Kier molecular flexibility index (Phi) is 5.77. The van der Waals surface area contributed by atoms with E-state index in [-0.39, 0.29) is 11.1 Å². The minimum Gasteiger partial charge on any atom is -0.246 e. The standard InChI is InChI=1S/C22H16F6/c1-2-3-12-4-5-15(17(24)6-12)13-7-20(27)22(21(28)8-13)14-9-18(25)16(11-23)19(26)10-14/h4-10H,2-3,11H2,1H3. The molecule has 0 aliphatic heterocycles. The monoisotopic (exact) mass is 394 g/mol. The Balaban J connectivity index is 2.08. The average molecular weight is 394 g/mol. The summed E-state index contributed by atoms with van der Waals surface area (Å²) in [6.45, 7) is 0.566. The van der Waals surface area contributed by atoms with E-state index in [9.17, 15) is 26.3 Å². The molecular formula is C22H16F6. The lowest BCUT2D eigenvalue weighted by Gasteiger charge is -2.11. The minimum absolute atomic E-state index is 0.00865. The third kappa shape index (κ3) is 3.77. The molecule has 146 valence electrons. The Morgan fingerprint density at radius 2 is 1.25 bits per heavy atom. The second-order valence-electron chi connectivity index (χ2n) is 6.43. The highest BCUT2D eigenvalue weighted by Gasteiger charge is 2.19. The first-order valence-electron chi connectivity index (χ1n) is 8.67. The molecule has 0 N–H and O–H groups in total. The van der Waals surface area contributed by atoms with Crippen LogP contribution in [0.2, 0.25) is 0 Å². The van der Waals surface area contributed by atoms with Gasteiger partial charge < -0.3 is 0 Å². The number of hydrogen-bond acceptors (Lipinski definition) is 0. The van der Waals surface area contributed by atoms with Gasteiger partial charge >= 0.3 is 0 Å². The summed E-state index contributed by atoms with van der Waals surface area (Å²) < 4.78 is 83.7. The lowest BCUT2D eigenvalue weighted by atomic mass is 9.96. The Labute approximate surface area is 158 Å². The molecule has 3 aromatic rings. The van der Waals surface area contributed by atoms with Crippen LogP contribution in [-0.4, -0.2) is 0 Å². The maximum absolute atomic E-state index is 14.6. The zero-order valence-electron chi connectivity index (χ0n) is 14.9. The van der Waals surface area contributed by atoms with Gasteiger partial charge in [-0.1, -0.05) is 25.5 Å². The second-order valence-corrected chi connectivity index (χ2v) is 6.43. The van der Waals surface area contributed by atoms with E-state index in [2.05, 4.69) is 0 Å². The molecule has 6 heteroatoms. The number of benzene rings is 3. The molecule has 0 aliphatic carbocycles. The van der Waals surface area contributed by atoms with Gasteiger partial charge in [0.2, 0.25) is 0 Å². The summed E-state index contributed by atoms with van der Waals surface area (Å²) in [5.74, 6) is -5.32. The first-order valence-corrected chi connectivity index (χ1v) is 8.67. The molecule has 0 saturated carbocycles. The van der Waals surface area contributed by atoms with Crippen LogP contribution in [0.25, 0.3) is 22.3 Å².